The van der Waals surface area contributed by atoms with Crippen molar-refractivity contribution in [2.24, 2.45) is 12.1 Å². The van der Waals surface area contributed by atoms with E-state index in [0.717, 1.165) is 11.3 Å². The lowest BCUT2D eigenvalue weighted by molar-refractivity contribution is 0.415. The highest BCUT2D eigenvalue weighted by molar-refractivity contribution is 6.29. The van der Waals surface area contributed by atoms with Crippen LogP contribution in [-0.2, 0) is 13.6 Å². The number of aromatic amines is 1. The number of hydrogen-bond acceptors (Lipinski definition) is 6. The van der Waals surface area contributed by atoms with Gasteiger partial charge in [-0.1, -0.05) is 17.7 Å². The molecule has 3 rings (SSSR count). The Morgan fingerprint density at radius 1 is 1.36 bits per heavy atom. The Balaban J connectivity index is 2.00. The predicted molar refractivity (Wildman–Crippen MR) is 109 cm³/mol. The van der Waals surface area contributed by atoms with Crippen molar-refractivity contribution in [3.63, 3.8) is 0 Å². The van der Waals surface area contributed by atoms with Crippen molar-refractivity contribution in [1.82, 2.24) is 19.1 Å². The largest absolute Gasteiger partial charge is 0.497 e. The summed E-state index contributed by atoms with van der Waals surface area (Å²) in [4.78, 5) is 30.8. The number of allylic oxidation sites excluding steroid dienone is 2. The number of hydrazone groups is 1. The van der Waals surface area contributed by atoms with Gasteiger partial charge in [-0.05, 0) is 36.8 Å². The first-order valence-electron chi connectivity index (χ1n) is 8.35. The average molecular weight is 403 g/mol. The molecule has 0 aliphatic rings. The Kier molecular flexibility index (Phi) is 5.65. The van der Waals surface area contributed by atoms with Gasteiger partial charge in [-0.15, -0.1) is 0 Å². The second-order valence-corrected chi connectivity index (χ2v) is 6.57. The number of halogens is 1. The molecule has 3 aromatic rings. The average Bonchev–Trinajstić information content (AvgIpc) is 3.04. The highest BCUT2D eigenvalue weighted by atomic mass is 35.5. The van der Waals surface area contributed by atoms with Gasteiger partial charge in [0.2, 0.25) is 5.95 Å². The van der Waals surface area contributed by atoms with Crippen molar-refractivity contribution in [2.75, 3.05) is 12.5 Å². The van der Waals surface area contributed by atoms with Crippen LogP contribution in [0, 0.1) is 0 Å². The molecule has 0 aliphatic carbocycles. The van der Waals surface area contributed by atoms with Crippen LogP contribution in [0.1, 0.15) is 12.5 Å². The number of aryl methyl sites for hydroxylation is 1. The molecule has 28 heavy (non-hydrogen) atoms. The number of nitrogens with one attached hydrogen (secondary N) is 2. The lowest BCUT2D eigenvalue weighted by Crippen LogP contribution is -2.29. The van der Waals surface area contributed by atoms with Gasteiger partial charge in [0.05, 0.1) is 13.3 Å². The predicted octanol–water partition coefficient (Wildman–Crippen LogP) is 2.02. The number of nitrogens with zero attached hydrogens (tertiary/aromatic N) is 4. The van der Waals surface area contributed by atoms with Crippen molar-refractivity contribution < 1.29 is 4.74 Å². The number of methoxy groups -OCH3 is 1. The Bertz CT molecular complexity index is 1170. The van der Waals surface area contributed by atoms with E-state index in [1.54, 1.807) is 30.9 Å². The number of benzene rings is 1. The van der Waals surface area contributed by atoms with E-state index in [-0.39, 0.29) is 17.7 Å². The number of imidazole rings is 1. The molecule has 1 aromatic carbocycles. The van der Waals surface area contributed by atoms with Crippen LogP contribution in [-0.4, -0.2) is 32.4 Å². The monoisotopic (exact) mass is 402 g/mol. The van der Waals surface area contributed by atoms with Crippen LogP contribution in [0.5, 0.6) is 5.75 Å². The van der Waals surface area contributed by atoms with E-state index in [2.05, 4.69) is 20.5 Å². The van der Waals surface area contributed by atoms with Crippen LogP contribution in [0.25, 0.3) is 11.2 Å². The van der Waals surface area contributed by atoms with Crippen molar-refractivity contribution in [2.45, 2.75) is 13.5 Å². The maximum atomic E-state index is 12.3. The molecule has 9 nitrogen and oxygen atoms in total. The zero-order valence-electron chi connectivity index (χ0n) is 15.6. The molecule has 0 fully saturated rings. The maximum absolute atomic E-state index is 12.3. The highest BCUT2D eigenvalue weighted by Gasteiger charge is 2.16. The van der Waals surface area contributed by atoms with Gasteiger partial charge in [-0.2, -0.15) is 10.1 Å². The molecule has 2 N–H and O–H groups in total. The molecule has 0 unspecified atom stereocenters. The van der Waals surface area contributed by atoms with E-state index < -0.39 is 11.2 Å². The van der Waals surface area contributed by atoms with Crippen molar-refractivity contribution in [3.8, 4) is 5.75 Å². The maximum Gasteiger partial charge on any atom is 0.329 e. The molecular formula is C18H19ClN6O3. The molecule has 2 heterocycles. The van der Waals surface area contributed by atoms with Crippen molar-refractivity contribution in [1.29, 1.82) is 0 Å². The molecule has 0 radical (unpaired) electrons. The topological polar surface area (TPSA) is 106 Å². The third kappa shape index (κ3) is 3.99. The van der Waals surface area contributed by atoms with Gasteiger partial charge in [0.1, 0.15) is 5.75 Å². The van der Waals surface area contributed by atoms with E-state index in [1.807, 2.05) is 24.3 Å². The van der Waals surface area contributed by atoms with Crippen LogP contribution >= 0.6 is 11.6 Å². The van der Waals surface area contributed by atoms with Crippen LogP contribution in [0.3, 0.4) is 0 Å². The fourth-order valence-corrected chi connectivity index (χ4v) is 2.64. The molecule has 0 aliphatic heterocycles. The zero-order chi connectivity index (χ0) is 20.3. The first-order valence-corrected chi connectivity index (χ1v) is 8.73. The number of H-pyrrole nitrogens is 1. The third-order valence-electron chi connectivity index (χ3n) is 4.06. The fraction of sp³-hybridized carbons (Fsp3) is 0.222. The number of hydrogen-bond donors (Lipinski definition) is 2. The molecule has 0 spiro atoms. The van der Waals surface area contributed by atoms with Crippen molar-refractivity contribution in [3.05, 3.63) is 61.8 Å². The van der Waals surface area contributed by atoms with Crippen LogP contribution < -0.4 is 21.4 Å². The summed E-state index contributed by atoms with van der Waals surface area (Å²) in [5, 5.41) is 4.75. The molecule has 146 valence electrons. The molecule has 0 bridgehead atoms. The number of ether oxygens (including phenoxy) is 1. The Morgan fingerprint density at radius 3 is 2.71 bits per heavy atom. The Hall–Kier alpha value is -3.33. The fourth-order valence-electron chi connectivity index (χ4n) is 2.57. The minimum atomic E-state index is -0.542. The SMILES string of the molecule is COc1ccc(/C=N/Nc2nc3c(c(=O)[nH]c(=O)n3C)n2C/C=C(/C)Cl)cc1. The van der Waals surface area contributed by atoms with Gasteiger partial charge in [0, 0.05) is 18.6 Å². The summed E-state index contributed by atoms with van der Waals surface area (Å²) >= 11 is 5.93. The molecular weight excluding hydrogens is 384 g/mol. The Labute approximate surface area is 164 Å². The summed E-state index contributed by atoms with van der Waals surface area (Å²) in [5.74, 6) is 1.05. The zero-order valence-corrected chi connectivity index (χ0v) is 16.3. The summed E-state index contributed by atoms with van der Waals surface area (Å²) in [5.41, 5.74) is 3.10. The minimum Gasteiger partial charge on any atom is -0.497 e. The lowest BCUT2D eigenvalue weighted by atomic mass is 10.2. The second-order valence-electron chi connectivity index (χ2n) is 5.97. The van der Waals surface area contributed by atoms with Gasteiger partial charge in [-0.25, -0.2) is 10.2 Å². The molecule has 0 amide bonds. The standard InChI is InChI=1S/C18H19ClN6O3/c1-11(19)8-9-25-14-15(24(2)18(27)22-16(14)26)21-17(25)23-20-10-12-4-6-13(28-3)7-5-12/h4-8,10H,9H2,1-3H3,(H,21,23)(H,22,26,27)/b11-8-,20-10+. The van der Waals surface area contributed by atoms with Crippen LogP contribution in [0.4, 0.5) is 5.95 Å². The molecule has 10 heteroatoms. The Morgan fingerprint density at radius 2 is 2.07 bits per heavy atom. The minimum absolute atomic E-state index is 0.247. The number of anilines is 1. The van der Waals surface area contributed by atoms with Gasteiger partial charge >= 0.3 is 5.69 Å². The summed E-state index contributed by atoms with van der Waals surface area (Å²) in [6.45, 7) is 2.02. The lowest BCUT2D eigenvalue weighted by Gasteiger charge is -2.05. The van der Waals surface area contributed by atoms with E-state index in [0.29, 0.717) is 11.0 Å². The van der Waals surface area contributed by atoms with Gasteiger partial charge in [0.25, 0.3) is 5.56 Å². The van der Waals surface area contributed by atoms with Gasteiger partial charge in [-0.3, -0.25) is 18.9 Å². The second kappa shape index (κ2) is 8.13. The first kappa shape index (κ1) is 19.4. The third-order valence-corrected chi connectivity index (χ3v) is 4.21. The summed E-state index contributed by atoms with van der Waals surface area (Å²) in [7, 11) is 3.13. The molecule has 0 atom stereocenters. The normalized spacial score (nSPS) is 12.1. The molecule has 2 aromatic heterocycles. The summed E-state index contributed by atoms with van der Waals surface area (Å²) < 4.78 is 7.99. The van der Waals surface area contributed by atoms with Crippen LogP contribution in [0.2, 0.25) is 0 Å². The van der Waals surface area contributed by atoms with Crippen LogP contribution in [0.15, 0.2) is 50.1 Å². The number of fused-ring (bicyclic) bond motifs is 1. The van der Waals surface area contributed by atoms with E-state index in [4.69, 9.17) is 16.3 Å². The first-order chi connectivity index (χ1) is 13.4. The summed E-state index contributed by atoms with van der Waals surface area (Å²) in [6, 6.07) is 7.34. The number of aromatic nitrogens is 4. The highest BCUT2D eigenvalue weighted by Crippen LogP contribution is 2.16. The smallest absolute Gasteiger partial charge is 0.329 e. The van der Waals surface area contributed by atoms with Gasteiger partial charge in [0.15, 0.2) is 11.2 Å². The summed E-state index contributed by atoms with van der Waals surface area (Å²) in [6.07, 6.45) is 3.33. The van der Waals surface area contributed by atoms with E-state index in [1.165, 1.54) is 11.6 Å². The van der Waals surface area contributed by atoms with E-state index >= 15 is 0 Å². The van der Waals surface area contributed by atoms with Gasteiger partial charge < -0.3 is 4.74 Å². The molecule has 0 saturated heterocycles. The van der Waals surface area contributed by atoms with Crippen molar-refractivity contribution >= 4 is 34.9 Å². The quantitative estimate of drug-likeness (QED) is 0.484. The van der Waals surface area contributed by atoms with E-state index in [9.17, 15) is 9.59 Å². The molecule has 0 saturated carbocycles. The number of rotatable bonds is 6.